The fourth-order valence-electron chi connectivity index (χ4n) is 2.21. The van der Waals surface area contributed by atoms with Gasteiger partial charge in [0.15, 0.2) is 0 Å². The van der Waals surface area contributed by atoms with Gasteiger partial charge in [-0.25, -0.2) is 0 Å². The molecular weight excluding hydrogens is 176 g/mol. The predicted octanol–water partition coefficient (Wildman–Crippen LogP) is 1.24. The van der Waals surface area contributed by atoms with Crippen LogP contribution in [0.15, 0.2) is 0 Å². The molecule has 1 fully saturated rings. The van der Waals surface area contributed by atoms with E-state index >= 15 is 0 Å². The molecule has 0 aromatic heterocycles. The summed E-state index contributed by atoms with van der Waals surface area (Å²) in [6, 6.07) is 0.924. The average molecular weight is 198 g/mol. The third-order valence-electron chi connectivity index (χ3n) is 2.83. The molecule has 0 bridgehead atoms. The summed E-state index contributed by atoms with van der Waals surface area (Å²) >= 11 is 0. The highest BCUT2D eigenvalue weighted by Crippen LogP contribution is 2.18. The summed E-state index contributed by atoms with van der Waals surface area (Å²) in [6.45, 7) is 10.4. The van der Waals surface area contributed by atoms with Gasteiger partial charge in [-0.15, -0.1) is 0 Å². The first-order chi connectivity index (χ1) is 6.49. The lowest BCUT2D eigenvalue weighted by Crippen LogP contribution is -2.51. The molecule has 1 aliphatic heterocycles. The lowest BCUT2D eigenvalue weighted by Gasteiger charge is -2.38. The number of hydrogen-bond donors (Lipinski definition) is 1. The summed E-state index contributed by atoms with van der Waals surface area (Å²) in [5.41, 5.74) is 0. The second-order valence-electron chi connectivity index (χ2n) is 4.79. The van der Waals surface area contributed by atoms with E-state index in [1.807, 2.05) is 0 Å². The van der Waals surface area contributed by atoms with Gasteiger partial charge in [-0.2, -0.15) is 0 Å². The van der Waals surface area contributed by atoms with Crippen LogP contribution in [0.1, 0.15) is 34.1 Å². The van der Waals surface area contributed by atoms with E-state index in [0.29, 0.717) is 18.0 Å². The number of nitrogens with one attached hydrogen (secondary N) is 1. The van der Waals surface area contributed by atoms with Crippen LogP contribution in [-0.2, 0) is 4.79 Å². The van der Waals surface area contributed by atoms with Gasteiger partial charge in [-0.05, 0) is 26.2 Å². The number of likely N-dealkylation sites (tertiary alicyclic amines) is 1. The number of nitrogens with zero attached hydrogens (tertiary/aromatic N) is 1. The highest BCUT2D eigenvalue weighted by atomic mass is 16.1. The molecule has 2 atom stereocenters. The Balaban J connectivity index is 2.49. The van der Waals surface area contributed by atoms with Crippen molar-refractivity contribution in [2.75, 3.05) is 13.1 Å². The Labute approximate surface area is 86.9 Å². The highest BCUT2D eigenvalue weighted by molar-refractivity contribution is 5.73. The zero-order chi connectivity index (χ0) is 10.7. The van der Waals surface area contributed by atoms with Crippen LogP contribution >= 0.6 is 0 Å². The number of carbonyl (C=O) groups excluding carboxylic acids is 1. The van der Waals surface area contributed by atoms with Gasteiger partial charge in [0.1, 0.15) is 0 Å². The lowest BCUT2D eigenvalue weighted by molar-refractivity contribution is -0.120. The van der Waals surface area contributed by atoms with Gasteiger partial charge in [0, 0.05) is 32.1 Å². The molecule has 1 heterocycles. The fourth-order valence-corrected chi connectivity index (χ4v) is 2.21. The molecule has 1 N–H and O–H groups in total. The molecule has 2 unspecified atom stereocenters. The Bertz CT molecular complexity index is 203. The summed E-state index contributed by atoms with van der Waals surface area (Å²) in [5, 5.41) is 3.02. The van der Waals surface area contributed by atoms with E-state index in [1.165, 1.54) is 0 Å². The van der Waals surface area contributed by atoms with Crippen LogP contribution in [-0.4, -0.2) is 36.0 Å². The Morgan fingerprint density at radius 1 is 1.43 bits per heavy atom. The molecule has 3 heteroatoms. The predicted molar refractivity (Wildman–Crippen MR) is 58.1 cm³/mol. The Morgan fingerprint density at radius 2 is 2.07 bits per heavy atom. The van der Waals surface area contributed by atoms with Gasteiger partial charge < -0.3 is 5.32 Å². The van der Waals surface area contributed by atoms with E-state index < -0.39 is 0 Å². The summed E-state index contributed by atoms with van der Waals surface area (Å²) < 4.78 is 0. The molecule has 0 radical (unpaired) electrons. The van der Waals surface area contributed by atoms with E-state index in [1.54, 1.807) is 6.92 Å². The molecule has 1 rings (SSSR count). The van der Waals surface area contributed by atoms with Crippen molar-refractivity contribution in [1.82, 2.24) is 10.2 Å². The van der Waals surface area contributed by atoms with Gasteiger partial charge in [-0.1, -0.05) is 6.92 Å². The molecule has 1 amide bonds. The summed E-state index contributed by atoms with van der Waals surface area (Å²) in [7, 11) is 0. The number of carbonyl (C=O) groups is 1. The molecule has 0 aromatic rings. The van der Waals surface area contributed by atoms with Crippen LogP contribution in [0, 0.1) is 5.92 Å². The zero-order valence-electron chi connectivity index (χ0n) is 9.71. The smallest absolute Gasteiger partial charge is 0.217 e. The van der Waals surface area contributed by atoms with Crippen LogP contribution in [0.2, 0.25) is 0 Å². The fraction of sp³-hybridized carbons (Fsp3) is 0.909. The monoisotopic (exact) mass is 198 g/mol. The average Bonchev–Trinajstić information content (AvgIpc) is 2.01. The molecule has 0 aliphatic carbocycles. The molecule has 0 spiro atoms. The van der Waals surface area contributed by atoms with Gasteiger partial charge >= 0.3 is 0 Å². The van der Waals surface area contributed by atoms with Gasteiger partial charge in [-0.3, -0.25) is 9.69 Å². The zero-order valence-corrected chi connectivity index (χ0v) is 9.71. The van der Waals surface area contributed by atoms with Gasteiger partial charge in [0.05, 0.1) is 0 Å². The van der Waals surface area contributed by atoms with E-state index in [4.69, 9.17) is 0 Å². The maximum absolute atomic E-state index is 11.0. The maximum Gasteiger partial charge on any atom is 0.217 e. The molecule has 0 saturated carbocycles. The van der Waals surface area contributed by atoms with E-state index in [2.05, 4.69) is 31.0 Å². The van der Waals surface area contributed by atoms with Crippen molar-refractivity contribution in [3.05, 3.63) is 0 Å². The van der Waals surface area contributed by atoms with E-state index in [9.17, 15) is 4.79 Å². The van der Waals surface area contributed by atoms with Crippen LogP contribution in [0.5, 0.6) is 0 Å². The molecule has 14 heavy (non-hydrogen) atoms. The normalized spacial score (nSPS) is 29.2. The van der Waals surface area contributed by atoms with E-state index in [-0.39, 0.29) is 5.91 Å². The van der Waals surface area contributed by atoms with Crippen molar-refractivity contribution in [2.24, 2.45) is 5.92 Å². The van der Waals surface area contributed by atoms with Crippen LogP contribution in [0.25, 0.3) is 0 Å². The summed E-state index contributed by atoms with van der Waals surface area (Å²) in [4.78, 5) is 13.4. The molecule has 82 valence electrons. The Morgan fingerprint density at radius 3 is 2.57 bits per heavy atom. The number of hydrogen-bond acceptors (Lipinski definition) is 2. The van der Waals surface area contributed by atoms with Crippen molar-refractivity contribution in [2.45, 2.75) is 46.2 Å². The second kappa shape index (κ2) is 4.78. The molecular formula is C11H22N2O. The quantitative estimate of drug-likeness (QED) is 0.724. The van der Waals surface area contributed by atoms with Crippen molar-refractivity contribution in [1.29, 1.82) is 0 Å². The molecule has 1 aliphatic rings. The van der Waals surface area contributed by atoms with Crippen LogP contribution in [0.4, 0.5) is 0 Å². The van der Waals surface area contributed by atoms with Gasteiger partial charge in [0.2, 0.25) is 5.91 Å². The van der Waals surface area contributed by atoms with Crippen molar-refractivity contribution < 1.29 is 4.79 Å². The standard InChI is InChI=1S/C11H22N2O/c1-8(2)13-6-9(3)5-11(7-13)12-10(4)14/h8-9,11H,5-7H2,1-4H3,(H,12,14). The van der Waals surface area contributed by atoms with Crippen molar-refractivity contribution in [3.63, 3.8) is 0 Å². The minimum absolute atomic E-state index is 0.0906. The number of piperidine rings is 1. The Kier molecular flexibility index (Phi) is 3.93. The second-order valence-corrected chi connectivity index (χ2v) is 4.79. The molecule has 0 aromatic carbocycles. The molecule has 1 saturated heterocycles. The minimum Gasteiger partial charge on any atom is -0.352 e. The first-order valence-corrected chi connectivity index (χ1v) is 5.50. The molecule has 3 nitrogen and oxygen atoms in total. The van der Waals surface area contributed by atoms with Crippen LogP contribution < -0.4 is 5.32 Å². The highest BCUT2D eigenvalue weighted by Gasteiger charge is 2.26. The van der Waals surface area contributed by atoms with Crippen LogP contribution in [0.3, 0.4) is 0 Å². The largest absolute Gasteiger partial charge is 0.352 e. The van der Waals surface area contributed by atoms with Crippen molar-refractivity contribution in [3.8, 4) is 0 Å². The van der Waals surface area contributed by atoms with E-state index in [0.717, 1.165) is 19.5 Å². The Hall–Kier alpha value is -0.570. The maximum atomic E-state index is 11.0. The number of rotatable bonds is 2. The minimum atomic E-state index is 0.0906. The number of amides is 1. The topological polar surface area (TPSA) is 32.3 Å². The van der Waals surface area contributed by atoms with Gasteiger partial charge in [0.25, 0.3) is 0 Å². The lowest BCUT2D eigenvalue weighted by atomic mass is 9.95. The SMILES string of the molecule is CC(=O)NC1CC(C)CN(C(C)C)C1. The first-order valence-electron chi connectivity index (χ1n) is 5.50. The summed E-state index contributed by atoms with van der Waals surface area (Å²) in [5.74, 6) is 0.774. The van der Waals surface area contributed by atoms with Crippen molar-refractivity contribution >= 4 is 5.91 Å². The first kappa shape index (κ1) is 11.5. The third kappa shape index (κ3) is 3.29. The summed E-state index contributed by atoms with van der Waals surface area (Å²) in [6.07, 6.45) is 1.11. The third-order valence-corrected chi connectivity index (χ3v) is 2.83.